The van der Waals surface area contributed by atoms with Gasteiger partial charge in [0, 0.05) is 12.6 Å². The minimum absolute atomic E-state index is 0.0697. The molecular weight excluding hydrogens is 226 g/mol. The van der Waals surface area contributed by atoms with Crippen molar-refractivity contribution >= 4 is 5.91 Å². The van der Waals surface area contributed by atoms with Crippen molar-refractivity contribution in [3.63, 3.8) is 0 Å². The highest BCUT2D eigenvalue weighted by Gasteiger charge is 2.26. The van der Waals surface area contributed by atoms with Gasteiger partial charge in [-0.05, 0) is 30.6 Å². The SMILES string of the molecule is CC(C)C(O)CNC(=O)/C=C1/CCCCC1(C)C. The number of hydrogen-bond acceptors (Lipinski definition) is 2. The molecule has 0 aromatic carbocycles. The van der Waals surface area contributed by atoms with Gasteiger partial charge in [0.1, 0.15) is 0 Å². The zero-order valence-electron chi connectivity index (χ0n) is 12.1. The van der Waals surface area contributed by atoms with Gasteiger partial charge in [0.25, 0.3) is 0 Å². The van der Waals surface area contributed by atoms with Gasteiger partial charge in [-0.2, -0.15) is 0 Å². The summed E-state index contributed by atoms with van der Waals surface area (Å²) < 4.78 is 0. The van der Waals surface area contributed by atoms with Crippen LogP contribution >= 0.6 is 0 Å². The molecule has 0 saturated heterocycles. The van der Waals surface area contributed by atoms with E-state index in [9.17, 15) is 9.90 Å². The second kappa shape index (κ2) is 6.37. The lowest BCUT2D eigenvalue weighted by atomic mass is 9.73. The summed E-state index contributed by atoms with van der Waals surface area (Å²) in [5.41, 5.74) is 1.39. The van der Waals surface area contributed by atoms with E-state index in [0.717, 1.165) is 12.8 Å². The van der Waals surface area contributed by atoms with Crippen LogP contribution in [0.5, 0.6) is 0 Å². The number of hydrogen-bond donors (Lipinski definition) is 2. The molecule has 2 N–H and O–H groups in total. The number of allylic oxidation sites excluding steroid dienone is 1. The lowest BCUT2D eigenvalue weighted by molar-refractivity contribution is -0.117. The maximum absolute atomic E-state index is 11.8. The number of aliphatic hydroxyl groups is 1. The Hall–Kier alpha value is -0.830. The second-order valence-electron chi connectivity index (χ2n) is 6.32. The fourth-order valence-corrected chi connectivity index (χ4v) is 2.30. The molecule has 3 heteroatoms. The molecule has 1 aliphatic rings. The average Bonchev–Trinajstić information content (AvgIpc) is 2.28. The smallest absolute Gasteiger partial charge is 0.244 e. The summed E-state index contributed by atoms with van der Waals surface area (Å²) in [5, 5.41) is 12.4. The first-order valence-corrected chi connectivity index (χ1v) is 7.00. The van der Waals surface area contributed by atoms with Crippen LogP contribution in [0.2, 0.25) is 0 Å². The van der Waals surface area contributed by atoms with Crippen molar-refractivity contribution in [1.29, 1.82) is 0 Å². The van der Waals surface area contributed by atoms with Crippen molar-refractivity contribution in [2.75, 3.05) is 6.54 Å². The third kappa shape index (κ3) is 4.45. The summed E-state index contributed by atoms with van der Waals surface area (Å²) in [7, 11) is 0. The standard InChI is InChI=1S/C15H27NO2/c1-11(2)13(17)10-16-14(18)9-12-7-5-6-8-15(12,3)4/h9,11,13,17H,5-8,10H2,1-4H3,(H,16,18)/b12-9-. The number of aliphatic hydroxyl groups excluding tert-OH is 1. The average molecular weight is 253 g/mol. The molecule has 3 nitrogen and oxygen atoms in total. The van der Waals surface area contributed by atoms with E-state index < -0.39 is 6.10 Å². The summed E-state index contributed by atoms with van der Waals surface area (Å²) in [5.74, 6) is 0.101. The molecule has 0 radical (unpaired) electrons. The van der Waals surface area contributed by atoms with Crippen molar-refractivity contribution in [2.45, 2.75) is 59.5 Å². The molecule has 0 aromatic rings. The molecule has 0 aliphatic heterocycles. The van der Waals surface area contributed by atoms with Crippen LogP contribution in [-0.2, 0) is 4.79 Å². The highest BCUT2D eigenvalue weighted by atomic mass is 16.3. The molecule has 1 fully saturated rings. The van der Waals surface area contributed by atoms with E-state index in [1.807, 2.05) is 13.8 Å². The summed E-state index contributed by atoms with van der Waals surface area (Å²) in [4.78, 5) is 11.8. The van der Waals surface area contributed by atoms with Gasteiger partial charge in [0.2, 0.25) is 5.91 Å². The first kappa shape index (κ1) is 15.2. The lowest BCUT2D eigenvalue weighted by Gasteiger charge is -2.32. The van der Waals surface area contributed by atoms with Crippen LogP contribution in [0.4, 0.5) is 0 Å². The van der Waals surface area contributed by atoms with Gasteiger partial charge in [-0.1, -0.05) is 39.7 Å². The topological polar surface area (TPSA) is 49.3 Å². The van der Waals surface area contributed by atoms with Gasteiger partial charge in [-0.25, -0.2) is 0 Å². The quantitative estimate of drug-likeness (QED) is 0.757. The summed E-state index contributed by atoms with van der Waals surface area (Å²) in [6.45, 7) is 8.63. The molecule has 18 heavy (non-hydrogen) atoms. The Kier molecular flexibility index (Phi) is 5.39. The predicted molar refractivity (Wildman–Crippen MR) is 74.2 cm³/mol. The third-order valence-corrected chi connectivity index (χ3v) is 3.93. The summed E-state index contributed by atoms with van der Waals surface area (Å²) in [6.07, 6.45) is 5.88. The number of carbonyl (C=O) groups excluding carboxylic acids is 1. The Balaban J connectivity index is 2.52. The number of nitrogens with one attached hydrogen (secondary N) is 1. The van der Waals surface area contributed by atoms with Crippen LogP contribution in [0.15, 0.2) is 11.6 Å². The van der Waals surface area contributed by atoms with Crippen LogP contribution < -0.4 is 5.32 Å². The van der Waals surface area contributed by atoms with Gasteiger partial charge >= 0.3 is 0 Å². The fraction of sp³-hybridized carbons (Fsp3) is 0.800. The first-order valence-electron chi connectivity index (χ1n) is 7.00. The lowest BCUT2D eigenvalue weighted by Crippen LogP contribution is -2.34. The Bertz CT molecular complexity index is 318. The van der Waals surface area contributed by atoms with E-state index in [-0.39, 0.29) is 17.2 Å². The van der Waals surface area contributed by atoms with Crippen molar-refractivity contribution in [3.8, 4) is 0 Å². The first-order chi connectivity index (χ1) is 8.33. The predicted octanol–water partition coefficient (Wildman–Crippen LogP) is 2.65. The fourth-order valence-electron chi connectivity index (χ4n) is 2.30. The largest absolute Gasteiger partial charge is 0.391 e. The van der Waals surface area contributed by atoms with Crippen molar-refractivity contribution in [1.82, 2.24) is 5.32 Å². The molecule has 1 atom stereocenters. The number of amides is 1. The van der Waals surface area contributed by atoms with E-state index in [2.05, 4.69) is 19.2 Å². The highest BCUT2D eigenvalue weighted by molar-refractivity contribution is 5.88. The molecule has 1 unspecified atom stereocenters. The van der Waals surface area contributed by atoms with Crippen molar-refractivity contribution in [2.24, 2.45) is 11.3 Å². The van der Waals surface area contributed by atoms with E-state index >= 15 is 0 Å². The van der Waals surface area contributed by atoms with Gasteiger partial charge in [-0.3, -0.25) is 4.79 Å². The summed E-state index contributed by atoms with van der Waals surface area (Å²) in [6, 6.07) is 0. The Morgan fingerprint density at radius 3 is 2.67 bits per heavy atom. The van der Waals surface area contributed by atoms with E-state index in [1.54, 1.807) is 6.08 Å². The van der Waals surface area contributed by atoms with Gasteiger partial charge in [0.05, 0.1) is 6.10 Å². The van der Waals surface area contributed by atoms with Gasteiger partial charge in [0.15, 0.2) is 0 Å². The highest BCUT2D eigenvalue weighted by Crippen LogP contribution is 2.39. The third-order valence-electron chi connectivity index (χ3n) is 3.93. The molecule has 0 bridgehead atoms. The van der Waals surface area contributed by atoms with Crippen LogP contribution in [0.3, 0.4) is 0 Å². The molecule has 1 amide bonds. The Morgan fingerprint density at radius 2 is 2.11 bits per heavy atom. The minimum Gasteiger partial charge on any atom is -0.391 e. The van der Waals surface area contributed by atoms with Gasteiger partial charge in [-0.15, -0.1) is 0 Å². The Morgan fingerprint density at radius 1 is 1.44 bits per heavy atom. The van der Waals surface area contributed by atoms with Gasteiger partial charge < -0.3 is 10.4 Å². The molecule has 1 rings (SSSR count). The molecular formula is C15H27NO2. The molecule has 1 aliphatic carbocycles. The molecule has 104 valence electrons. The van der Waals surface area contributed by atoms with E-state index in [4.69, 9.17) is 0 Å². The maximum atomic E-state index is 11.8. The zero-order chi connectivity index (χ0) is 13.8. The number of carbonyl (C=O) groups is 1. The normalized spacial score (nSPS) is 23.1. The van der Waals surface area contributed by atoms with Crippen molar-refractivity contribution in [3.05, 3.63) is 11.6 Å². The summed E-state index contributed by atoms with van der Waals surface area (Å²) >= 11 is 0. The number of rotatable bonds is 4. The van der Waals surface area contributed by atoms with Crippen LogP contribution in [-0.4, -0.2) is 23.7 Å². The van der Waals surface area contributed by atoms with Crippen LogP contribution in [0.1, 0.15) is 53.4 Å². The zero-order valence-corrected chi connectivity index (χ0v) is 12.1. The monoisotopic (exact) mass is 253 g/mol. The Labute approximate surface area is 111 Å². The molecule has 0 heterocycles. The van der Waals surface area contributed by atoms with E-state index in [0.29, 0.717) is 6.54 Å². The van der Waals surface area contributed by atoms with Crippen LogP contribution in [0, 0.1) is 11.3 Å². The van der Waals surface area contributed by atoms with E-state index in [1.165, 1.54) is 18.4 Å². The minimum atomic E-state index is -0.466. The van der Waals surface area contributed by atoms with Crippen LogP contribution in [0.25, 0.3) is 0 Å². The second-order valence-corrected chi connectivity index (χ2v) is 6.32. The molecule has 0 spiro atoms. The van der Waals surface area contributed by atoms with Crippen molar-refractivity contribution < 1.29 is 9.90 Å². The molecule has 1 saturated carbocycles. The maximum Gasteiger partial charge on any atom is 0.244 e. The molecule has 0 aromatic heterocycles.